The Balaban J connectivity index is 0.00000312. The van der Waals surface area contributed by atoms with Gasteiger partial charge in [-0.1, -0.05) is 19.3 Å². The highest BCUT2D eigenvalue weighted by Crippen LogP contribution is 2.38. The molecule has 1 saturated heterocycles. The number of hydrogen-bond acceptors (Lipinski definition) is 5. The zero-order valence-electron chi connectivity index (χ0n) is 14.8. The van der Waals surface area contributed by atoms with Crippen LogP contribution in [0.25, 0.3) is 0 Å². The SMILES string of the molecule is CN=C(NCCNS(C)(=O)=O)N1CCS(=O)(=O)C2(CCCCC2)C1.I. The zero-order valence-corrected chi connectivity index (χ0v) is 18.8. The van der Waals surface area contributed by atoms with Crippen molar-refractivity contribution in [2.75, 3.05) is 45.2 Å². The molecule has 0 unspecified atom stereocenters. The van der Waals surface area contributed by atoms with E-state index >= 15 is 0 Å². The van der Waals surface area contributed by atoms with Crippen LogP contribution in [0.4, 0.5) is 0 Å². The number of hydrogen-bond donors (Lipinski definition) is 2. The Bertz CT molecular complexity index is 673. The maximum atomic E-state index is 12.6. The molecule has 2 fully saturated rings. The van der Waals surface area contributed by atoms with E-state index in [1.54, 1.807) is 7.05 Å². The molecule has 0 radical (unpaired) electrons. The second kappa shape index (κ2) is 9.18. The van der Waals surface area contributed by atoms with Crippen LogP contribution in [0.5, 0.6) is 0 Å². The molecule has 148 valence electrons. The van der Waals surface area contributed by atoms with E-state index in [1.165, 1.54) is 0 Å². The molecular formula is C14H29IN4O4S2. The fraction of sp³-hybridized carbons (Fsp3) is 0.929. The van der Waals surface area contributed by atoms with Gasteiger partial charge in [-0.25, -0.2) is 21.6 Å². The van der Waals surface area contributed by atoms with Crippen molar-refractivity contribution in [2.45, 2.75) is 36.9 Å². The Morgan fingerprint density at radius 1 is 1.20 bits per heavy atom. The van der Waals surface area contributed by atoms with Crippen molar-refractivity contribution in [3.8, 4) is 0 Å². The van der Waals surface area contributed by atoms with Crippen LogP contribution in [0.3, 0.4) is 0 Å². The molecule has 0 atom stereocenters. The summed E-state index contributed by atoms with van der Waals surface area (Å²) in [4.78, 5) is 6.22. The van der Waals surface area contributed by atoms with Crippen LogP contribution in [0.1, 0.15) is 32.1 Å². The van der Waals surface area contributed by atoms with Crippen LogP contribution >= 0.6 is 24.0 Å². The Morgan fingerprint density at radius 2 is 1.84 bits per heavy atom. The lowest BCUT2D eigenvalue weighted by Crippen LogP contribution is -2.60. The van der Waals surface area contributed by atoms with Crippen LogP contribution in [0.2, 0.25) is 0 Å². The van der Waals surface area contributed by atoms with Gasteiger partial charge < -0.3 is 10.2 Å². The van der Waals surface area contributed by atoms with Crippen LogP contribution in [-0.2, 0) is 19.9 Å². The van der Waals surface area contributed by atoms with Crippen molar-refractivity contribution >= 4 is 49.8 Å². The third-order valence-electron chi connectivity index (χ3n) is 4.82. The minimum absolute atomic E-state index is 0. The molecular weight excluding hydrogens is 479 g/mol. The molecule has 1 aliphatic heterocycles. The molecule has 0 bridgehead atoms. The summed E-state index contributed by atoms with van der Waals surface area (Å²) >= 11 is 0. The lowest BCUT2D eigenvalue weighted by molar-refractivity contribution is 0.274. The Labute approximate surface area is 168 Å². The summed E-state index contributed by atoms with van der Waals surface area (Å²) in [6, 6.07) is 0. The van der Waals surface area contributed by atoms with Gasteiger partial charge in [0.1, 0.15) is 0 Å². The maximum absolute atomic E-state index is 12.6. The van der Waals surface area contributed by atoms with Crippen molar-refractivity contribution in [1.29, 1.82) is 0 Å². The summed E-state index contributed by atoms with van der Waals surface area (Å²) in [5.41, 5.74) is 0. The average molecular weight is 508 g/mol. The van der Waals surface area contributed by atoms with E-state index in [0.717, 1.165) is 38.4 Å². The van der Waals surface area contributed by atoms with Crippen molar-refractivity contribution in [3.05, 3.63) is 0 Å². The van der Waals surface area contributed by atoms with Gasteiger partial charge in [-0.3, -0.25) is 4.99 Å². The smallest absolute Gasteiger partial charge is 0.208 e. The third-order valence-corrected chi connectivity index (χ3v) is 8.12. The van der Waals surface area contributed by atoms with Crippen molar-refractivity contribution in [2.24, 2.45) is 4.99 Å². The lowest BCUT2D eigenvalue weighted by atomic mass is 9.87. The van der Waals surface area contributed by atoms with E-state index in [1.807, 2.05) is 4.90 Å². The number of halogens is 1. The molecule has 1 spiro atoms. The molecule has 0 amide bonds. The average Bonchev–Trinajstić information content (AvgIpc) is 2.51. The van der Waals surface area contributed by atoms with E-state index in [4.69, 9.17) is 0 Å². The summed E-state index contributed by atoms with van der Waals surface area (Å²) < 4.78 is 49.2. The highest BCUT2D eigenvalue weighted by molar-refractivity contribution is 14.0. The monoisotopic (exact) mass is 508 g/mol. The second-order valence-corrected chi connectivity index (χ2v) is 11.0. The molecule has 0 aromatic carbocycles. The molecule has 25 heavy (non-hydrogen) atoms. The first-order chi connectivity index (χ1) is 11.2. The highest BCUT2D eigenvalue weighted by Gasteiger charge is 2.48. The van der Waals surface area contributed by atoms with E-state index < -0.39 is 24.6 Å². The van der Waals surface area contributed by atoms with Gasteiger partial charge in [0.05, 0.1) is 16.8 Å². The van der Waals surface area contributed by atoms with E-state index in [0.29, 0.717) is 25.6 Å². The van der Waals surface area contributed by atoms with Gasteiger partial charge in [0, 0.05) is 33.2 Å². The fourth-order valence-electron chi connectivity index (χ4n) is 3.56. The molecule has 1 saturated carbocycles. The Kier molecular flexibility index (Phi) is 8.41. The normalized spacial score (nSPS) is 23.1. The van der Waals surface area contributed by atoms with Crippen LogP contribution in [0.15, 0.2) is 4.99 Å². The van der Waals surface area contributed by atoms with E-state index in [2.05, 4.69) is 15.0 Å². The van der Waals surface area contributed by atoms with Gasteiger partial charge in [0.2, 0.25) is 10.0 Å². The number of rotatable bonds is 4. The molecule has 2 rings (SSSR count). The van der Waals surface area contributed by atoms with Gasteiger partial charge in [0.15, 0.2) is 15.8 Å². The van der Waals surface area contributed by atoms with Crippen molar-refractivity contribution < 1.29 is 16.8 Å². The molecule has 1 heterocycles. The lowest BCUT2D eigenvalue weighted by Gasteiger charge is -2.45. The minimum Gasteiger partial charge on any atom is -0.355 e. The molecule has 8 nitrogen and oxygen atoms in total. The van der Waals surface area contributed by atoms with E-state index in [-0.39, 0.29) is 36.3 Å². The topological polar surface area (TPSA) is 108 Å². The Hall–Kier alpha value is -0.140. The zero-order chi connectivity index (χ0) is 17.8. The maximum Gasteiger partial charge on any atom is 0.208 e. The largest absolute Gasteiger partial charge is 0.355 e. The first-order valence-electron chi connectivity index (χ1n) is 8.32. The highest BCUT2D eigenvalue weighted by atomic mass is 127. The minimum atomic E-state index is -3.21. The van der Waals surface area contributed by atoms with Gasteiger partial charge in [-0.05, 0) is 12.8 Å². The fourth-order valence-corrected chi connectivity index (χ4v) is 6.19. The van der Waals surface area contributed by atoms with E-state index in [9.17, 15) is 16.8 Å². The van der Waals surface area contributed by atoms with Crippen LogP contribution in [-0.4, -0.2) is 77.7 Å². The van der Waals surface area contributed by atoms with Gasteiger partial charge >= 0.3 is 0 Å². The van der Waals surface area contributed by atoms with Crippen molar-refractivity contribution in [3.63, 3.8) is 0 Å². The number of sulfonamides is 1. The predicted molar refractivity (Wildman–Crippen MR) is 111 cm³/mol. The quantitative estimate of drug-likeness (QED) is 0.243. The standard InChI is InChI=1S/C14H28N4O4S2.HI/c1-15-13(16-8-9-17-23(2,19)20)18-10-11-24(21,22)14(12-18)6-4-3-5-7-14;/h17H,3-12H2,1-2H3,(H,15,16);1H. The Morgan fingerprint density at radius 3 is 2.40 bits per heavy atom. The molecule has 1 aliphatic carbocycles. The number of aliphatic imine (C=N–C) groups is 1. The van der Waals surface area contributed by atoms with Gasteiger partial charge in [0.25, 0.3) is 0 Å². The van der Waals surface area contributed by atoms with Gasteiger partial charge in [-0.15, -0.1) is 24.0 Å². The third kappa shape index (κ3) is 5.93. The van der Waals surface area contributed by atoms with Gasteiger partial charge in [-0.2, -0.15) is 0 Å². The van der Waals surface area contributed by atoms with Crippen LogP contribution < -0.4 is 10.0 Å². The van der Waals surface area contributed by atoms with Crippen LogP contribution in [0, 0.1) is 0 Å². The number of guanidine groups is 1. The summed E-state index contributed by atoms with van der Waals surface area (Å²) in [7, 11) is -4.64. The summed E-state index contributed by atoms with van der Waals surface area (Å²) in [6.07, 6.45) is 5.57. The molecule has 0 aromatic heterocycles. The second-order valence-electron chi connectivity index (χ2n) is 6.62. The first kappa shape index (κ1) is 22.9. The summed E-state index contributed by atoms with van der Waals surface area (Å²) in [5.74, 6) is 0.778. The van der Waals surface area contributed by atoms with Crippen molar-refractivity contribution in [1.82, 2.24) is 14.9 Å². The number of sulfone groups is 1. The number of nitrogens with zero attached hydrogens (tertiary/aromatic N) is 2. The molecule has 2 aliphatic rings. The molecule has 2 N–H and O–H groups in total. The number of nitrogens with one attached hydrogen (secondary N) is 2. The summed E-state index contributed by atoms with van der Waals surface area (Å²) in [5, 5.41) is 3.12. The molecule has 11 heteroatoms. The predicted octanol–water partition coefficient (Wildman–Crippen LogP) is 0.162. The summed E-state index contributed by atoms with van der Waals surface area (Å²) in [6.45, 7) is 1.54. The molecule has 0 aromatic rings. The first-order valence-corrected chi connectivity index (χ1v) is 11.9.